The van der Waals surface area contributed by atoms with Crippen molar-refractivity contribution >= 4 is 17.5 Å². The molecular formula is C19H20N2O. The van der Waals surface area contributed by atoms with E-state index in [4.69, 9.17) is 0 Å². The molecule has 0 unspecified atom stereocenters. The number of benzene rings is 2. The summed E-state index contributed by atoms with van der Waals surface area (Å²) in [4.78, 5) is 14.5. The van der Waals surface area contributed by atoms with Gasteiger partial charge in [0.05, 0.1) is 0 Å². The standard InChI is InChI=1S/C19H20N2O/c22-19(17-6-2-1-3-7-17)10-9-16-5-4-8-18(15-16)21-13-11-20-12-14-21/h1-10,15,20H,11-14H2. The Morgan fingerprint density at radius 2 is 1.77 bits per heavy atom. The van der Waals surface area contributed by atoms with Crippen LogP contribution in [0.3, 0.4) is 0 Å². The van der Waals surface area contributed by atoms with Gasteiger partial charge in [0.2, 0.25) is 0 Å². The number of anilines is 1. The highest BCUT2D eigenvalue weighted by Gasteiger charge is 2.10. The molecule has 0 aliphatic carbocycles. The summed E-state index contributed by atoms with van der Waals surface area (Å²) in [5.41, 5.74) is 2.99. The Morgan fingerprint density at radius 3 is 2.55 bits per heavy atom. The molecule has 3 nitrogen and oxygen atoms in total. The predicted octanol–water partition coefficient (Wildman–Crippen LogP) is 2.99. The molecule has 0 radical (unpaired) electrons. The summed E-state index contributed by atoms with van der Waals surface area (Å²) < 4.78 is 0. The van der Waals surface area contributed by atoms with Gasteiger partial charge >= 0.3 is 0 Å². The molecule has 1 aliphatic heterocycles. The number of carbonyl (C=O) groups excluding carboxylic acids is 1. The fraction of sp³-hybridized carbons (Fsp3) is 0.211. The number of hydrogen-bond acceptors (Lipinski definition) is 3. The summed E-state index contributed by atoms with van der Waals surface area (Å²) in [5.74, 6) is 0.0353. The predicted molar refractivity (Wildman–Crippen MR) is 91.3 cm³/mol. The topological polar surface area (TPSA) is 32.3 Å². The van der Waals surface area contributed by atoms with Crippen molar-refractivity contribution in [2.45, 2.75) is 0 Å². The lowest BCUT2D eigenvalue weighted by Gasteiger charge is -2.29. The van der Waals surface area contributed by atoms with E-state index in [-0.39, 0.29) is 5.78 Å². The second kappa shape index (κ2) is 7.05. The minimum atomic E-state index is 0.0353. The zero-order chi connectivity index (χ0) is 15.2. The van der Waals surface area contributed by atoms with Crippen molar-refractivity contribution in [1.82, 2.24) is 5.32 Å². The molecular weight excluding hydrogens is 272 g/mol. The van der Waals surface area contributed by atoms with Gasteiger partial charge in [-0.1, -0.05) is 48.5 Å². The van der Waals surface area contributed by atoms with Crippen LogP contribution in [0.15, 0.2) is 60.7 Å². The zero-order valence-electron chi connectivity index (χ0n) is 12.5. The van der Waals surface area contributed by atoms with Crippen molar-refractivity contribution in [3.8, 4) is 0 Å². The number of allylic oxidation sites excluding steroid dienone is 1. The van der Waals surface area contributed by atoms with Gasteiger partial charge in [-0.25, -0.2) is 0 Å². The summed E-state index contributed by atoms with van der Waals surface area (Å²) >= 11 is 0. The molecule has 1 saturated heterocycles. The number of rotatable bonds is 4. The molecule has 3 rings (SSSR count). The van der Waals surface area contributed by atoms with Crippen LogP contribution in [0.25, 0.3) is 6.08 Å². The maximum absolute atomic E-state index is 12.1. The average molecular weight is 292 g/mol. The molecule has 1 heterocycles. The Bertz CT molecular complexity index is 658. The number of nitrogens with one attached hydrogen (secondary N) is 1. The van der Waals surface area contributed by atoms with Gasteiger partial charge in [-0.15, -0.1) is 0 Å². The zero-order valence-corrected chi connectivity index (χ0v) is 12.5. The Labute approximate surface area is 131 Å². The highest BCUT2D eigenvalue weighted by atomic mass is 16.1. The van der Waals surface area contributed by atoms with Crippen LogP contribution in [0.1, 0.15) is 15.9 Å². The first-order valence-electron chi connectivity index (χ1n) is 7.66. The lowest BCUT2D eigenvalue weighted by atomic mass is 10.1. The third kappa shape index (κ3) is 3.62. The molecule has 112 valence electrons. The normalized spacial score (nSPS) is 15.2. The Kier molecular flexibility index (Phi) is 4.66. The minimum absolute atomic E-state index is 0.0353. The molecule has 3 heteroatoms. The Balaban J connectivity index is 1.72. The highest BCUT2D eigenvalue weighted by molar-refractivity contribution is 6.06. The summed E-state index contributed by atoms with van der Waals surface area (Å²) in [6, 6.07) is 17.7. The van der Waals surface area contributed by atoms with E-state index in [1.807, 2.05) is 48.5 Å². The lowest BCUT2D eigenvalue weighted by Crippen LogP contribution is -2.43. The molecule has 0 atom stereocenters. The fourth-order valence-corrected chi connectivity index (χ4v) is 2.62. The van der Waals surface area contributed by atoms with Crippen LogP contribution < -0.4 is 10.2 Å². The van der Waals surface area contributed by atoms with Crippen molar-refractivity contribution in [2.75, 3.05) is 31.1 Å². The van der Waals surface area contributed by atoms with Gasteiger partial charge < -0.3 is 10.2 Å². The summed E-state index contributed by atoms with van der Waals surface area (Å²) in [5, 5.41) is 3.36. The second-order valence-corrected chi connectivity index (χ2v) is 5.40. The third-order valence-electron chi connectivity index (χ3n) is 3.84. The lowest BCUT2D eigenvalue weighted by molar-refractivity contribution is 0.104. The first-order valence-corrected chi connectivity index (χ1v) is 7.66. The molecule has 1 N–H and O–H groups in total. The Hall–Kier alpha value is -2.39. The van der Waals surface area contributed by atoms with E-state index in [9.17, 15) is 4.79 Å². The van der Waals surface area contributed by atoms with Crippen LogP contribution in [0.2, 0.25) is 0 Å². The van der Waals surface area contributed by atoms with Crippen molar-refractivity contribution < 1.29 is 4.79 Å². The van der Waals surface area contributed by atoms with Crippen LogP contribution in [0, 0.1) is 0 Å². The molecule has 22 heavy (non-hydrogen) atoms. The van der Waals surface area contributed by atoms with E-state index in [0.29, 0.717) is 0 Å². The number of nitrogens with zero attached hydrogens (tertiary/aromatic N) is 1. The molecule has 1 fully saturated rings. The molecule has 0 bridgehead atoms. The molecule has 0 amide bonds. The summed E-state index contributed by atoms with van der Waals surface area (Å²) in [6.07, 6.45) is 3.53. The van der Waals surface area contributed by atoms with Gasteiger partial charge in [0.15, 0.2) is 5.78 Å². The average Bonchev–Trinajstić information content (AvgIpc) is 2.61. The van der Waals surface area contributed by atoms with E-state index in [0.717, 1.165) is 37.3 Å². The third-order valence-corrected chi connectivity index (χ3v) is 3.84. The number of hydrogen-bond donors (Lipinski definition) is 1. The van der Waals surface area contributed by atoms with Gasteiger partial charge in [-0.3, -0.25) is 4.79 Å². The van der Waals surface area contributed by atoms with Crippen LogP contribution in [-0.2, 0) is 0 Å². The maximum Gasteiger partial charge on any atom is 0.185 e. The van der Waals surface area contributed by atoms with Crippen molar-refractivity contribution in [3.63, 3.8) is 0 Å². The minimum Gasteiger partial charge on any atom is -0.369 e. The van der Waals surface area contributed by atoms with E-state index >= 15 is 0 Å². The molecule has 0 spiro atoms. The van der Waals surface area contributed by atoms with Gasteiger partial charge in [0.25, 0.3) is 0 Å². The van der Waals surface area contributed by atoms with E-state index in [1.165, 1.54) is 5.69 Å². The van der Waals surface area contributed by atoms with Crippen LogP contribution in [-0.4, -0.2) is 32.0 Å². The molecule has 1 aliphatic rings. The highest BCUT2D eigenvalue weighted by Crippen LogP contribution is 2.18. The fourth-order valence-electron chi connectivity index (χ4n) is 2.62. The smallest absolute Gasteiger partial charge is 0.185 e. The number of ketones is 1. The van der Waals surface area contributed by atoms with Crippen LogP contribution in [0.4, 0.5) is 5.69 Å². The summed E-state index contributed by atoms with van der Waals surface area (Å²) in [6.45, 7) is 4.09. The molecule has 2 aromatic carbocycles. The second-order valence-electron chi connectivity index (χ2n) is 5.40. The Morgan fingerprint density at radius 1 is 1.00 bits per heavy atom. The van der Waals surface area contributed by atoms with Crippen LogP contribution in [0.5, 0.6) is 0 Å². The first kappa shape index (κ1) is 14.5. The van der Waals surface area contributed by atoms with E-state index in [2.05, 4.69) is 22.3 Å². The summed E-state index contributed by atoms with van der Waals surface area (Å²) in [7, 11) is 0. The van der Waals surface area contributed by atoms with Gasteiger partial charge in [-0.2, -0.15) is 0 Å². The van der Waals surface area contributed by atoms with Crippen LogP contribution >= 0.6 is 0 Å². The monoisotopic (exact) mass is 292 g/mol. The van der Waals surface area contributed by atoms with Gasteiger partial charge in [-0.05, 0) is 23.8 Å². The van der Waals surface area contributed by atoms with Gasteiger partial charge in [0, 0.05) is 37.4 Å². The quantitative estimate of drug-likeness (QED) is 0.694. The van der Waals surface area contributed by atoms with Crippen molar-refractivity contribution in [2.24, 2.45) is 0 Å². The number of carbonyl (C=O) groups is 1. The largest absolute Gasteiger partial charge is 0.369 e. The maximum atomic E-state index is 12.1. The van der Waals surface area contributed by atoms with E-state index in [1.54, 1.807) is 6.08 Å². The first-order chi connectivity index (χ1) is 10.8. The van der Waals surface area contributed by atoms with Crippen molar-refractivity contribution in [1.29, 1.82) is 0 Å². The molecule has 2 aromatic rings. The number of piperazine rings is 1. The molecule has 0 aromatic heterocycles. The molecule has 0 saturated carbocycles. The van der Waals surface area contributed by atoms with Crippen molar-refractivity contribution in [3.05, 3.63) is 71.8 Å². The van der Waals surface area contributed by atoms with Gasteiger partial charge in [0.1, 0.15) is 0 Å². The SMILES string of the molecule is O=C(C=Cc1cccc(N2CCNCC2)c1)c1ccccc1. The van der Waals surface area contributed by atoms with E-state index < -0.39 is 0 Å².